The fourth-order valence-corrected chi connectivity index (χ4v) is 2.81. The van der Waals surface area contributed by atoms with Gasteiger partial charge in [-0.2, -0.15) is 0 Å². The van der Waals surface area contributed by atoms with Crippen LogP contribution in [-0.2, 0) is 4.74 Å². The molecule has 27 heavy (non-hydrogen) atoms. The lowest BCUT2D eigenvalue weighted by atomic mass is 10.1. The normalized spacial score (nSPS) is 17.5. The first kappa shape index (κ1) is 23.5. The average molecular weight is 385 g/mol. The summed E-state index contributed by atoms with van der Waals surface area (Å²) in [5.41, 5.74) is -0.968. The van der Waals surface area contributed by atoms with Gasteiger partial charge in [0.1, 0.15) is 5.60 Å². The SMILES string of the molecule is CCN1CCN(CCNC(=NC)NCC(C)(C)NC(=O)OC(C)(C)C)CC1. The molecule has 0 saturated carbocycles. The van der Waals surface area contributed by atoms with E-state index in [-0.39, 0.29) is 0 Å². The summed E-state index contributed by atoms with van der Waals surface area (Å²) in [7, 11) is 1.75. The summed E-state index contributed by atoms with van der Waals surface area (Å²) in [4.78, 5) is 21.2. The first-order chi connectivity index (χ1) is 12.5. The van der Waals surface area contributed by atoms with Gasteiger partial charge in [0.25, 0.3) is 0 Å². The van der Waals surface area contributed by atoms with Gasteiger partial charge in [-0.15, -0.1) is 0 Å². The molecular weight excluding hydrogens is 344 g/mol. The van der Waals surface area contributed by atoms with Gasteiger partial charge in [-0.05, 0) is 41.2 Å². The van der Waals surface area contributed by atoms with Crippen LogP contribution in [-0.4, -0.2) is 92.4 Å². The molecule has 0 bridgehead atoms. The minimum atomic E-state index is -0.506. The molecule has 0 radical (unpaired) electrons. The minimum absolute atomic E-state index is 0.413. The van der Waals surface area contributed by atoms with Gasteiger partial charge in [0.05, 0.1) is 5.54 Å². The number of piperazine rings is 1. The van der Waals surface area contributed by atoms with Crippen LogP contribution in [0.15, 0.2) is 4.99 Å². The number of guanidine groups is 1. The quantitative estimate of drug-likeness (QED) is 0.450. The summed E-state index contributed by atoms with van der Waals surface area (Å²) in [6.45, 7) is 19.7. The second kappa shape index (κ2) is 10.7. The molecule has 0 aromatic carbocycles. The number of aliphatic imine (C=N–C) groups is 1. The minimum Gasteiger partial charge on any atom is -0.444 e. The Bertz CT molecular complexity index is 479. The maximum Gasteiger partial charge on any atom is 0.408 e. The van der Waals surface area contributed by atoms with E-state index in [4.69, 9.17) is 4.74 Å². The van der Waals surface area contributed by atoms with Gasteiger partial charge in [-0.25, -0.2) is 4.79 Å². The first-order valence-electron chi connectivity index (χ1n) is 9.95. The van der Waals surface area contributed by atoms with Gasteiger partial charge in [0.15, 0.2) is 5.96 Å². The molecule has 8 nitrogen and oxygen atoms in total. The van der Waals surface area contributed by atoms with Crippen molar-refractivity contribution in [3.63, 3.8) is 0 Å². The Hall–Kier alpha value is -1.54. The molecule has 1 aliphatic heterocycles. The summed E-state index contributed by atoms with van der Waals surface area (Å²) in [5, 5.41) is 9.51. The second-order valence-electron chi connectivity index (χ2n) is 8.64. The smallest absolute Gasteiger partial charge is 0.408 e. The molecule has 1 aliphatic rings. The topological polar surface area (TPSA) is 81.2 Å². The predicted octanol–water partition coefficient (Wildman–Crippen LogP) is 1.09. The number of nitrogens with zero attached hydrogens (tertiary/aromatic N) is 3. The maximum absolute atomic E-state index is 12.0. The summed E-state index contributed by atoms with van der Waals surface area (Å²) in [5.74, 6) is 0.737. The third kappa shape index (κ3) is 10.4. The van der Waals surface area contributed by atoms with Crippen molar-refractivity contribution < 1.29 is 9.53 Å². The van der Waals surface area contributed by atoms with Crippen LogP contribution in [0.3, 0.4) is 0 Å². The number of carbonyl (C=O) groups excluding carboxylic acids is 1. The molecule has 1 saturated heterocycles. The van der Waals surface area contributed by atoms with Crippen molar-refractivity contribution >= 4 is 12.1 Å². The number of ether oxygens (including phenoxy) is 1. The van der Waals surface area contributed by atoms with Crippen molar-refractivity contribution in [3.8, 4) is 0 Å². The van der Waals surface area contributed by atoms with E-state index in [1.54, 1.807) is 7.05 Å². The summed E-state index contributed by atoms with van der Waals surface area (Å²) in [6.07, 6.45) is -0.413. The molecule has 3 N–H and O–H groups in total. The molecule has 0 aromatic heterocycles. The number of rotatable bonds is 7. The third-order valence-electron chi connectivity index (χ3n) is 4.39. The van der Waals surface area contributed by atoms with Crippen molar-refractivity contribution in [2.75, 3.05) is 59.4 Å². The van der Waals surface area contributed by atoms with E-state index < -0.39 is 17.2 Å². The number of amides is 1. The molecular formula is C19H40N6O2. The number of nitrogens with one attached hydrogen (secondary N) is 3. The van der Waals surface area contributed by atoms with Crippen LogP contribution in [0.5, 0.6) is 0 Å². The highest BCUT2D eigenvalue weighted by Crippen LogP contribution is 2.09. The zero-order chi connectivity index (χ0) is 20.5. The largest absolute Gasteiger partial charge is 0.444 e. The lowest BCUT2D eigenvalue weighted by Crippen LogP contribution is -2.54. The lowest BCUT2D eigenvalue weighted by Gasteiger charge is -2.34. The third-order valence-corrected chi connectivity index (χ3v) is 4.39. The highest BCUT2D eigenvalue weighted by Gasteiger charge is 2.24. The van der Waals surface area contributed by atoms with Crippen molar-refractivity contribution in [3.05, 3.63) is 0 Å². The van der Waals surface area contributed by atoms with E-state index in [0.717, 1.165) is 51.8 Å². The van der Waals surface area contributed by atoms with Crippen molar-refractivity contribution in [1.82, 2.24) is 25.8 Å². The van der Waals surface area contributed by atoms with Crippen LogP contribution >= 0.6 is 0 Å². The molecule has 0 atom stereocenters. The molecule has 0 unspecified atom stereocenters. The second-order valence-corrected chi connectivity index (χ2v) is 8.64. The Morgan fingerprint density at radius 2 is 1.63 bits per heavy atom. The van der Waals surface area contributed by atoms with Crippen molar-refractivity contribution in [2.45, 2.75) is 52.7 Å². The molecule has 0 aliphatic carbocycles. The molecule has 0 aromatic rings. The average Bonchev–Trinajstić information content (AvgIpc) is 2.56. The van der Waals surface area contributed by atoms with Crippen LogP contribution in [0, 0.1) is 0 Å². The Morgan fingerprint density at radius 1 is 1.04 bits per heavy atom. The van der Waals surface area contributed by atoms with E-state index in [1.165, 1.54) is 0 Å². The number of carbonyl (C=O) groups is 1. The van der Waals surface area contributed by atoms with Gasteiger partial charge in [0.2, 0.25) is 0 Å². The Kier molecular flexibility index (Phi) is 9.32. The van der Waals surface area contributed by atoms with Crippen LogP contribution in [0.2, 0.25) is 0 Å². The van der Waals surface area contributed by atoms with Gasteiger partial charge in [-0.1, -0.05) is 6.92 Å². The summed E-state index contributed by atoms with van der Waals surface area (Å²) < 4.78 is 5.32. The number of likely N-dealkylation sites (N-methyl/N-ethyl adjacent to an activating group) is 1. The van der Waals surface area contributed by atoms with Crippen LogP contribution < -0.4 is 16.0 Å². The van der Waals surface area contributed by atoms with Crippen LogP contribution in [0.1, 0.15) is 41.5 Å². The summed E-state index contributed by atoms with van der Waals surface area (Å²) >= 11 is 0. The zero-order valence-corrected chi connectivity index (χ0v) is 18.3. The number of hydrogen-bond acceptors (Lipinski definition) is 5. The Balaban J connectivity index is 2.29. The molecule has 1 heterocycles. The number of hydrogen-bond donors (Lipinski definition) is 3. The Morgan fingerprint density at radius 3 is 2.15 bits per heavy atom. The van der Waals surface area contributed by atoms with E-state index in [2.05, 4.69) is 37.7 Å². The van der Waals surface area contributed by atoms with E-state index in [0.29, 0.717) is 6.54 Å². The van der Waals surface area contributed by atoms with Crippen LogP contribution in [0.4, 0.5) is 4.79 Å². The van der Waals surface area contributed by atoms with Crippen LogP contribution in [0.25, 0.3) is 0 Å². The summed E-state index contributed by atoms with van der Waals surface area (Å²) in [6, 6.07) is 0. The molecule has 158 valence electrons. The molecule has 8 heteroatoms. The highest BCUT2D eigenvalue weighted by atomic mass is 16.6. The van der Waals surface area contributed by atoms with E-state index in [9.17, 15) is 4.79 Å². The monoisotopic (exact) mass is 384 g/mol. The maximum atomic E-state index is 12.0. The molecule has 1 rings (SSSR count). The number of alkyl carbamates (subject to hydrolysis) is 1. The standard InChI is InChI=1S/C19H40N6O2/c1-8-24-11-13-25(14-12-24)10-9-21-16(20-7)22-15-19(5,6)23-17(26)27-18(2,3)4/h8-15H2,1-7H3,(H,23,26)(H2,20,21,22). The molecule has 1 fully saturated rings. The Labute approximate surface area is 165 Å². The highest BCUT2D eigenvalue weighted by molar-refractivity contribution is 5.79. The zero-order valence-electron chi connectivity index (χ0n) is 18.3. The van der Waals surface area contributed by atoms with Crippen molar-refractivity contribution in [2.24, 2.45) is 4.99 Å². The fraction of sp³-hybridized carbons (Fsp3) is 0.895. The first-order valence-corrected chi connectivity index (χ1v) is 9.95. The van der Waals surface area contributed by atoms with Gasteiger partial charge in [-0.3, -0.25) is 9.89 Å². The van der Waals surface area contributed by atoms with E-state index >= 15 is 0 Å². The van der Waals surface area contributed by atoms with Gasteiger partial charge >= 0.3 is 6.09 Å². The van der Waals surface area contributed by atoms with Crippen molar-refractivity contribution in [1.29, 1.82) is 0 Å². The molecule has 0 spiro atoms. The fourth-order valence-electron chi connectivity index (χ4n) is 2.81. The van der Waals surface area contributed by atoms with Gasteiger partial charge in [0, 0.05) is 52.9 Å². The van der Waals surface area contributed by atoms with E-state index in [1.807, 2.05) is 34.6 Å². The lowest BCUT2D eigenvalue weighted by molar-refractivity contribution is 0.0474. The molecule has 1 amide bonds. The predicted molar refractivity (Wildman–Crippen MR) is 111 cm³/mol. The van der Waals surface area contributed by atoms with Gasteiger partial charge < -0.3 is 25.6 Å².